The summed E-state index contributed by atoms with van der Waals surface area (Å²) in [5, 5.41) is 0. The molecule has 112 valence electrons. The summed E-state index contributed by atoms with van der Waals surface area (Å²) in [6, 6.07) is 12.6. The van der Waals surface area contributed by atoms with Crippen molar-refractivity contribution in [2.75, 3.05) is 0 Å². The maximum Gasteiger partial charge on any atom is 0.241 e. The number of halogens is 1. The Morgan fingerprint density at radius 3 is 2.33 bits per heavy atom. The van der Waals surface area contributed by atoms with Crippen LogP contribution >= 0.6 is 0 Å². The van der Waals surface area contributed by atoms with Crippen LogP contribution in [0.5, 0.6) is 0 Å². The van der Waals surface area contributed by atoms with Gasteiger partial charge in [-0.2, -0.15) is 0 Å². The number of rotatable bonds is 5. The van der Waals surface area contributed by atoms with Gasteiger partial charge in [-0.05, 0) is 49.6 Å². The lowest BCUT2D eigenvalue weighted by atomic mass is 10.1. The fourth-order valence-electron chi connectivity index (χ4n) is 2.20. The molecule has 2 aromatic rings. The summed E-state index contributed by atoms with van der Waals surface area (Å²) in [5.41, 5.74) is 1.59. The summed E-state index contributed by atoms with van der Waals surface area (Å²) in [5.74, 6) is -0.299. The Labute approximate surface area is 124 Å². The monoisotopic (exact) mass is 307 g/mol. The Morgan fingerprint density at radius 1 is 1.10 bits per heavy atom. The van der Waals surface area contributed by atoms with Crippen molar-refractivity contribution in [2.45, 2.75) is 31.2 Å². The van der Waals surface area contributed by atoms with Gasteiger partial charge in [0.15, 0.2) is 0 Å². The van der Waals surface area contributed by atoms with Crippen molar-refractivity contribution in [3.63, 3.8) is 0 Å². The summed E-state index contributed by atoms with van der Waals surface area (Å²) in [6.07, 6.45) is 0.505. The molecule has 0 bridgehead atoms. The number of benzene rings is 2. The summed E-state index contributed by atoms with van der Waals surface area (Å²) >= 11 is 0. The van der Waals surface area contributed by atoms with Crippen molar-refractivity contribution in [3.8, 4) is 0 Å². The van der Waals surface area contributed by atoms with E-state index in [0.717, 1.165) is 5.56 Å². The lowest BCUT2D eigenvalue weighted by Gasteiger charge is -2.15. The molecule has 0 amide bonds. The van der Waals surface area contributed by atoms with Gasteiger partial charge in [-0.15, -0.1) is 0 Å². The van der Waals surface area contributed by atoms with Crippen LogP contribution in [0.2, 0.25) is 0 Å². The Kier molecular flexibility index (Phi) is 4.75. The van der Waals surface area contributed by atoms with Crippen molar-refractivity contribution in [1.82, 2.24) is 4.72 Å². The number of sulfonamides is 1. The molecule has 1 N–H and O–H groups in total. The van der Waals surface area contributed by atoms with Crippen molar-refractivity contribution >= 4 is 10.0 Å². The largest absolute Gasteiger partial charge is 0.241 e. The molecule has 2 aromatic carbocycles. The quantitative estimate of drug-likeness (QED) is 0.923. The highest BCUT2D eigenvalue weighted by atomic mass is 32.2. The maximum absolute atomic E-state index is 12.8. The molecule has 0 aliphatic carbocycles. The fraction of sp³-hybridized carbons (Fsp3) is 0.250. The molecule has 2 rings (SSSR count). The smallest absolute Gasteiger partial charge is 0.208 e. The molecular formula is C16H18FNO2S. The first-order chi connectivity index (χ1) is 9.88. The third-order valence-corrected chi connectivity index (χ3v) is 4.94. The standard InChI is InChI=1S/C16H18FNO2S/c1-12-5-3-4-6-16(12)21(19,20)18-13(2)11-14-7-9-15(17)10-8-14/h3-10,13,18H,11H2,1-2H3. The van der Waals surface area contributed by atoms with Crippen LogP contribution in [0.25, 0.3) is 0 Å². The van der Waals surface area contributed by atoms with Crippen LogP contribution in [-0.4, -0.2) is 14.5 Å². The van der Waals surface area contributed by atoms with Crippen LogP contribution in [0.3, 0.4) is 0 Å². The molecule has 3 nitrogen and oxygen atoms in total. The van der Waals surface area contributed by atoms with Gasteiger partial charge in [-0.25, -0.2) is 17.5 Å². The summed E-state index contributed by atoms with van der Waals surface area (Å²) in [7, 11) is -3.54. The fourth-order valence-corrected chi connectivity index (χ4v) is 3.69. The molecule has 21 heavy (non-hydrogen) atoms. The molecule has 0 heterocycles. The molecule has 0 aromatic heterocycles. The molecular weight excluding hydrogens is 289 g/mol. The Balaban J connectivity index is 2.10. The van der Waals surface area contributed by atoms with E-state index < -0.39 is 10.0 Å². The van der Waals surface area contributed by atoms with Crippen LogP contribution in [0.15, 0.2) is 53.4 Å². The van der Waals surface area contributed by atoms with E-state index in [9.17, 15) is 12.8 Å². The van der Waals surface area contributed by atoms with E-state index in [2.05, 4.69) is 4.72 Å². The Bertz CT molecular complexity index is 711. The van der Waals surface area contributed by atoms with Gasteiger partial charge in [-0.1, -0.05) is 30.3 Å². The first-order valence-electron chi connectivity index (χ1n) is 6.71. The summed E-state index contributed by atoms with van der Waals surface area (Å²) in [4.78, 5) is 0.288. The molecule has 0 saturated carbocycles. The average molecular weight is 307 g/mol. The molecule has 0 saturated heterocycles. The third kappa shape index (κ3) is 4.12. The predicted octanol–water partition coefficient (Wildman–Crippen LogP) is 3.04. The first-order valence-corrected chi connectivity index (χ1v) is 8.19. The maximum atomic E-state index is 12.8. The Morgan fingerprint density at radius 2 is 1.71 bits per heavy atom. The molecule has 0 fully saturated rings. The summed E-state index contributed by atoms with van der Waals surface area (Å²) < 4.78 is 40.2. The van der Waals surface area contributed by atoms with Gasteiger partial charge in [0.05, 0.1) is 4.90 Å². The predicted molar refractivity (Wildman–Crippen MR) is 81.1 cm³/mol. The van der Waals surface area contributed by atoms with E-state index in [-0.39, 0.29) is 16.8 Å². The van der Waals surface area contributed by atoms with Crippen LogP contribution in [0, 0.1) is 12.7 Å². The highest BCUT2D eigenvalue weighted by molar-refractivity contribution is 7.89. The van der Waals surface area contributed by atoms with Gasteiger partial charge < -0.3 is 0 Å². The van der Waals surface area contributed by atoms with E-state index in [1.807, 2.05) is 0 Å². The highest BCUT2D eigenvalue weighted by Crippen LogP contribution is 2.15. The number of nitrogens with one attached hydrogen (secondary N) is 1. The first kappa shape index (κ1) is 15.7. The van der Waals surface area contributed by atoms with Crippen LogP contribution < -0.4 is 4.72 Å². The van der Waals surface area contributed by atoms with E-state index in [0.29, 0.717) is 12.0 Å². The second-order valence-corrected chi connectivity index (χ2v) is 6.80. The number of hydrogen-bond acceptors (Lipinski definition) is 2. The topological polar surface area (TPSA) is 46.2 Å². The van der Waals surface area contributed by atoms with Crippen LogP contribution in [0.4, 0.5) is 4.39 Å². The zero-order valence-corrected chi connectivity index (χ0v) is 12.8. The van der Waals surface area contributed by atoms with Gasteiger partial charge in [0, 0.05) is 6.04 Å². The molecule has 0 radical (unpaired) electrons. The van der Waals surface area contributed by atoms with Crippen molar-refractivity contribution < 1.29 is 12.8 Å². The van der Waals surface area contributed by atoms with E-state index >= 15 is 0 Å². The minimum atomic E-state index is -3.54. The SMILES string of the molecule is Cc1ccccc1S(=O)(=O)NC(C)Cc1ccc(F)cc1. The number of hydrogen-bond donors (Lipinski definition) is 1. The molecule has 5 heteroatoms. The van der Waals surface area contributed by atoms with Crippen molar-refractivity contribution in [2.24, 2.45) is 0 Å². The highest BCUT2D eigenvalue weighted by Gasteiger charge is 2.19. The van der Waals surface area contributed by atoms with Crippen molar-refractivity contribution in [3.05, 3.63) is 65.5 Å². The average Bonchev–Trinajstić information content (AvgIpc) is 2.41. The molecule has 0 aliphatic heterocycles. The van der Waals surface area contributed by atoms with Crippen molar-refractivity contribution in [1.29, 1.82) is 0 Å². The van der Waals surface area contributed by atoms with Gasteiger partial charge >= 0.3 is 0 Å². The Hall–Kier alpha value is -1.72. The van der Waals surface area contributed by atoms with Gasteiger partial charge in [0.25, 0.3) is 0 Å². The molecule has 1 unspecified atom stereocenters. The zero-order chi connectivity index (χ0) is 15.5. The third-order valence-electron chi connectivity index (χ3n) is 3.19. The molecule has 0 aliphatic rings. The van der Waals surface area contributed by atoms with Crippen LogP contribution in [-0.2, 0) is 16.4 Å². The van der Waals surface area contributed by atoms with Gasteiger partial charge in [0.2, 0.25) is 10.0 Å². The van der Waals surface area contributed by atoms with Crippen LogP contribution in [0.1, 0.15) is 18.1 Å². The minimum absolute atomic E-state index is 0.278. The lowest BCUT2D eigenvalue weighted by molar-refractivity contribution is 0.558. The minimum Gasteiger partial charge on any atom is -0.208 e. The van der Waals surface area contributed by atoms with Gasteiger partial charge in [-0.3, -0.25) is 0 Å². The second-order valence-electron chi connectivity index (χ2n) is 5.12. The molecule has 1 atom stereocenters. The zero-order valence-electron chi connectivity index (χ0n) is 12.0. The molecule has 0 spiro atoms. The normalized spacial score (nSPS) is 13.1. The number of aryl methyl sites for hydroxylation is 1. The van der Waals surface area contributed by atoms with E-state index in [4.69, 9.17) is 0 Å². The van der Waals surface area contributed by atoms with Gasteiger partial charge in [0.1, 0.15) is 5.82 Å². The lowest BCUT2D eigenvalue weighted by Crippen LogP contribution is -2.34. The summed E-state index contributed by atoms with van der Waals surface area (Å²) in [6.45, 7) is 3.55. The second kappa shape index (κ2) is 6.37. The van der Waals surface area contributed by atoms with E-state index in [1.165, 1.54) is 12.1 Å². The van der Waals surface area contributed by atoms with E-state index in [1.54, 1.807) is 50.2 Å².